The van der Waals surface area contributed by atoms with Crippen molar-refractivity contribution in [3.05, 3.63) is 0 Å². The van der Waals surface area contributed by atoms with Gasteiger partial charge < -0.3 is 9.47 Å². The number of ether oxygens (including phenoxy) is 2. The average Bonchev–Trinajstić information content (AvgIpc) is 2.42. The Balaban J connectivity index is 1.56. The van der Waals surface area contributed by atoms with Gasteiger partial charge in [0.05, 0.1) is 24.2 Å². The predicted molar refractivity (Wildman–Crippen MR) is 78.5 cm³/mol. The molecule has 0 bridgehead atoms. The summed E-state index contributed by atoms with van der Waals surface area (Å²) in [6, 6.07) is 0. The summed E-state index contributed by atoms with van der Waals surface area (Å²) in [5.41, 5.74) is 0. The van der Waals surface area contributed by atoms with Gasteiger partial charge in [0.25, 0.3) is 0 Å². The van der Waals surface area contributed by atoms with E-state index in [9.17, 15) is 8.42 Å². The van der Waals surface area contributed by atoms with E-state index in [1.54, 1.807) is 0 Å². The molecule has 0 aromatic heterocycles. The van der Waals surface area contributed by atoms with Crippen molar-refractivity contribution in [3.63, 3.8) is 0 Å². The monoisotopic (exact) mass is 305 g/mol. The van der Waals surface area contributed by atoms with Gasteiger partial charge in [-0.1, -0.05) is 19.3 Å². The third-order valence-electron chi connectivity index (χ3n) is 4.13. The van der Waals surface area contributed by atoms with Crippen LogP contribution in [0.25, 0.3) is 0 Å². The Morgan fingerprint density at radius 1 is 1.15 bits per heavy atom. The molecule has 1 unspecified atom stereocenters. The van der Waals surface area contributed by atoms with Gasteiger partial charge in [-0.25, -0.2) is 8.42 Å². The van der Waals surface area contributed by atoms with Gasteiger partial charge in [-0.3, -0.25) is 4.90 Å². The van der Waals surface area contributed by atoms with E-state index in [2.05, 4.69) is 4.90 Å². The molecule has 1 saturated carbocycles. The molecule has 2 fully saturated rings. The normalized spacial score (nSPS) is 26.4. The van der Waals surface area contributed by atoms with E-state index in [1.807, 2.05) is 6.92 Å². The second-order valence-electron chi connectivity index (χ2n) is 5.83. The lowest BCUT2D eigenvalue weighted by molar-refractivity contribution is -0.167. The summed E-state index contributed by atoms with van der Waals surface area (Å²) < 4.78 is 34.2. The van der Waals surface area contributed by atoms with Crippen LogP contribution in [0, 0.1) is 0 Å². The molecule has 2 aliphatic rings. The van der Waals surface area contributed by atoms with Gasteiger partial charge >= 0.3 is 0 Å². The zero-order valence-corrected chi connectivity index (χ0v) is 13.2. The van der Waals surface area contributed by atoms with Crippen molar-refractivity contribution >= 4 is 9.84 Å². The molecule has 0 aromatic rings. The van der Waals surface area contributed by atoms with Crippen molar-refractivity contribution in [2.24, 2.45) is 0 Å². The van der Waals surface area contributed by atoms with Crippen LogP contribution in [0.3, 0.4) is 0 Å². The SMILES string of the molecule is CC(OCCN1CCS(=O)(=O)CC1)OC1CCCCC1. The van der Waals surface area contributed by atoms with E-state index < -0.39 is 9.84 Å². The molecule has 1 saturated heterocycles. The first-order chi connectivity index (χ1) is 9.55. The molecule has 5 nitrogen and oxygen atoms in total. The van der Waals surface area contributed by atoms with Crippen LogP contribution in [0.4, 0.5) is 0 Å². The van der Waals surface area contributed by atoms with E-state index in [-0.39, 0.29) is 17.8 Å². The second-order valence-corrected chi connectivity index (χ2v) is 8.13. The summed E-state index contributed by atoms with van der Waals surface area (Å²) in [5, 5.41) is 0. The Hall–Kier alpha value is -0.170. The van der Waals surface area contributed by atoms with Gasteiger partial charge in [0.15, 0.2) is 16.1 Å². The van der Waals surface area contributed by atoms with Gasteiger partial charge in [-0.15, -0.1) is 0 Å². The fraction of sp³-hybridized carbons (Fsp3) is 1.00. The smallest absolute Gasteiger partial charge is 0.155 e. The topological polar surface area (TPSA) is 55.8 Å². The van der Waals surface area contributed by atoms with Gasteiger partial charge in [-0.2, -0.15) is 0 Å². The average molecular weight is 305 g/mol. The first kappa shape index (κ1) is 16.2. The van der Waals surface area contributed by atoms with E-state index in [1.165, 1.54) is 19.3 Å². The molecule has 0 N–H and O–H groups in total. The Bertz CT molecular complexity index is 365. The maximum Gasteiger partial charge on any atom is 0.155 e. The zero-order chi connectivity index (χ0) is 14.4. The maximum absolute atomic E-state index is 11.3. The first-order valence-corrected chi connectivity index (χ1v) is 9.57. The number of rotatable bonds is 6. The minimum Gasteiger partial charge on any atom is -0.352 e. The lowest BCUT2D eigenvalue weighted by Gasteiger charge is -2.28. The largest absolute Gasteiger partial charge is 0.352 e. The molecular weight excluding hydrogens is 278 g/mol. The highest BCUT2D eigenvalue weighted by atomic mass is 32.2. The van der Waals surface area contributed by atoms with Crippen LogP contribution in [0.15, 0.2) is 0 Å². The molecule has 6 heteroatoms. The van der Waals surface area contributed by atoms with Crippen LogP contribution in [0.5, 0.6) is 0 Å². The fourth-order valence-corrected chi connectivity index (χ4v) is 4.11. The molecule has 1 atom stereocenters. The van der Waals surface area contributed by atoms with Crippen molar-refractivity contribution in [3.8, 4) is 0 Å². The quantitative estimate of drug-likeness (QED) is 0.695. The minimum absolute atomic E-state index is 0.161. The Labute approximate surface area is 122 Å². The van der Waals surface area contributed by atoms with E-state index in [0.717, 1.165) is 19.4 Å². The molecule has 0 spiro atoms. The van der Waals surface area contributed by atoms with Crippen molar-refractivity contribution in [1.29, 1.82) is 0 Å². The molecule has 1 aliphatic heterocycles. The molecule has 20 heavy (non-hydrogen) atoms. The standard InChI is InChI=1S/C14H27NO4S/c1-13(19-14-5-3-2-4-6-14)18-10-7-15-8-11-20(16,17)12-9-15/h13-14H,2-12H2,1H3. The van der Waals surface area contributed by atoms with Crippen LogP contribution in [0.2, 0.25) is 0 Å². The molecule has 0 aromatic carbocycles. The first-order valence-electron chi connectivity index (χ1n) is 7.75. The van der Waals surface area contributed by atoms with Crippen molar-refractivity contribution in [1.82, 2.24) is 4.90 Å². The molecule has 1 aliphatic carbocycles. The van der Waals surface area contributed by atoms with Crippen LogP contribution in [0.1, 0.15) is 39.0 Å². The van der Waals surface area contributed by atoms with Crippen molar-refractivity contribution < 1.29 is 17.9 Å². The Morgan fingerprint density at radius 2 is 1.80 bits per heavy atom. The van der Waals surface area contributed by atoms with Crippen LogP contribution in [-0.2, 0) is 19.3 Å². The number of nitrogens with zero attached hydrogens (tertiary/aromatic N) is 1. The summed E-state index contributed by atoms with van der Waals surface area (Å²) in [6.07, 6.45) is 6.35. The lowest BCUT2D eigenvalue weighted by atomic mass is 9.98. The van der Waals surface area contributed by atoms with E-state index in [4.69, 9.17) is 9.47 Å². The molecule has 118 valence electrons. The number of sulfone groups is 1. The maximum atomic E-state index is 11.3. The summed E-state index contributed by atoms with van der Waals surface area (Å²) in [6.45, 7) is 4.60. The van der Waals surface area contributed by atoms with Gasteiger partial charge in [0.1, 0.15) is 0 Å². The van der Waals surface area contributed by atoms with Gasteiger partial charge in [0, 0.05) is 19.6 Å². The summed E-state index contributed by atoms with van der Waals surface area (Å²) in [4.78, 5) is 2.15. The summed E-state index contributed by atoms with van der Waals surface area (Å²) >= 11 is 0. The highest BCUT2D eigenvalue weighted by Gasteiger charge is 2.21. The van der Waals surface area contributed by atoms with E-state index in [0.29, 0.717) is 25.8 Å². The Morgan fingerprint density at radius 3 is 2.45 bits per heavy atom. The van der Waals surface area contributed by atoms with E-state index >= 15 is 0 Å². The van der Waals surface area contributed by atoms with Gasteiger partial charge in [0.2, 0.25) is 0 Å². The minimum atomic E-state index is -2.78. The fourth-order valence-electron chi connectivity index (χ4n) is 2.83. The van der Waals surface area contributed by atoms with Crippen LogP contribution in [-0.4, -0.2) is 63.5 Å². The number of hydrogen-bond acceptors (Lipinski definition) is 5. The van der Waals surface area contributed by atoms with Crippen LogP contribution < -0.4 is 0 Å². The Kier molecular flexibility index (Phi) is 6.26. The van der Waals surface area contributed by atoms with Gasteiger partial charge in [-0.05, 0) is 19.8 Å². The molecule has 0 amide bonds. The van der Waals surface area contributed by atoms with Crippen LogP contribution >= 0.6 is 0 Å². The molecule has 0 radical (unpaired) electrons. The van der Waals surface area contributed by atoms with Crippen molar-refractivity contribution in [2.45, 2.75) is 51.4 Å². The molecule has 2 rings (SSSR count). The molecular formula is C14H27NO4S. The highest BCUT2D eigenvalue weighted by molar-refractivity contribution is 7.91. The van der Waals surface area contributed by atoms with Crippen molar-refractivity contribution in [2.75, 3.05) is 37.7 Å². The third kappa shape index (κ3) is 5.68. The second kappa shape index (κ2) is 7.73. The molecule has 1 heterocycles. The predicted octanol–water partition coefficient (Wildman–Crippen LogP) is 1.43. The summed E-state index contributed by atoms with van der Waals surface area (Å²) in [7, 11) is -2.78. The zero-order valence-electron chi connectivity index (χ0n) is 12.4. The number of hydrogen-bond donors (Lipinski definition) is 0. The lowest BCUT2D eigenvalue weighted by Crippen LogP contribution is -2.42. The highest BCUT2D eigenvalue weighted by Crippen LogP contribution is 2.21. The third-order valence-corrected chi connectivity index (χ3v) is 5.74. The summed E-state index contributed by atoms with van der Waals surface area (Å²) in [5.74, 6) is 0.558.